The third-order valence-electron chi connectivity index (χ3n) is 2.96. The summed E-state index contributed by atoms with van der Waals surface area (Å²) >= 11 is 0. The smallest absolute Gasteiger partial charge is 0.234 e. The van der Waals surface area contributed by atoms with E-state index in [1.165, 1.54) is 16.7 Å². The van der Waals surface area contributed by atoms with E-state index < -0.39 is 0 Å². The van der Waals surface area contributed by atoms with Crippen LogP contribution in [0, 0.1) is 13.8 Å². The first-order valence-electron chi connectivity index (χ1n) is 5.54. The molecule has 0 bridgehead atoms. The molecule has 0 spiro atoms. The number of hydrogen-bond donors (Lipinski definition) is 2. The number of primary amides is 1. The van der Waals surface area contributed by atoms with Crippen molar-refractivity contribution >= 4 is 5.91 Å². The summed E-state index contributed by atoms with van der Waals surface area (Å²) in [6, 6.07) is 6.13. The van der Waals surface area contributed by atoms with E-state index in [0.717, 1.165) is 0 Å². The summed E-state index contributed by atoms with van der Waals surface area (Å²) in [6.07, 6.45) is 0. The molecule has 0 fully saturated rings. The molecule has 1 rings (SSSR count). The van der Waals surface area contributed by atoms with Crippen LogP contribution in [0.25, 0.3) is 0 Å². The normalized spacial score (nSPS) is 14.5. The molecule has 88 valence electrons. The molecule has 1 aromatic carbocycles. The molecule has 0 heterocycles. The van der Waals surface area contributed by atoms with Gasteiger partial charge in [-0.05, 0) is 44.4 Å². The van der Waals surface area contributed by atoms with Crippen molar-refractivity contribution in [1.29, 1.82) is 0 Å². The van der Waals surface area contributed by atoms with Gasteiger partial charge in [0.15, 0.2) is 0 Å². The first-order valence-corrected chi connectivity index (χ1v) is 5.54. The van der Waals surface area contributed by atoms with E-state index in [9.17, 15) is 4.79 Å². The molecule has 0 aliphatic rings. The molecule has 0 saturated heterocycles. The first-order chi connectivity index (χ1) is 7.41. The molecule has 1 amide bonds. The van der Waals surface area contributed by atoms with Gasteiger partial charge in [-0.3, -0.25) is 10.1 Å². The van der Waals surface area contributed by atoms with Crippen LogP contribution < -0.4 is 11.1 Å². The summed E-state index contributed by atoms with van der Waals surface area (Å²) in [6.45, 7) is 7.98. The van der Waals surface area contributed by atoms with E-state index in [-0.39, 0.29) is 18.0 Å². The van der Waals surface area contributed by atoms with Crippen molar-refractivity contribution in [3.63, 3.8) is 0 Å². The van der Waals surface area contributed by atoms with Crippen LogP contribution in [0.2, 0.25) is 0 Å². The lowest BCUT2D eigenvalue weighted by molar-refractivity contribution is -0.119. The van der Waals surface area contributed by atoms with Gasteiger partial charge in [0.1, 0.15) is 0 Å². The van der Waals surface area contributed by atoms with Crippen LogP contribution in [-0.2, 0) is 4.79 Å². The second-order valence-corrected chi connectivity index (χ2v) is 4.36. The number of hydrogen-bond acceptors (Lipinski definition) is 2. The quantitative estimate of drug-likeness (QED) is 0.813. The Kier molecular flexibility index (Phi) is 4.07. The molecule has 0 aromatic heterocycles. The summed E-state index contributed by atoms with van der Waals surface area (Å²) in [5, 5.41) is 3.17. The Bertz CT molecular complexity index is 388. The van der Waals surface area contributed by atoms with Crippen molar-refractivity contribution in [3.8, 4) is 0 Å². The number of carbonyl (C=O) groups excluding carboxylic acids is 1. The first kappa shape index (κ1) is 12.7. The van der Waals surface area contributed by atoms with Crippen LogP contribution in [-0.4, -0.2) is 11.9 Å². The van der Waals surface area contributed by atoms with Crippen LogP contribution >= 0.6 is 0 Å². The van der Waals surface area contributed by atoms with Gasteiger partial charge in [-0.15, -0.1) is 0 Å². The molecule has 2 atom stereocenters. The Hall–Kier alpha value is -1.35. The summed E-state index contributed by atoms with van der Waals surface area (Å²) in [7, 11) is 0. The summed E-state index contributed by atoms with van der Waals surface area (Å²) in [4.78, 5) is 10.9. The highest BCUT2D eigenvalue weighted by molar-refractivity contribution is 5.79. The zero-order chi connectivity index (χ0) is 12.3. The molecule has 16 heavy (non-hydrogen) atoms. The topological polar surface area (TPSA) is 55.1 Å². The van der Waals surface area contributed by atoms with Gasteiger partial charge in [0.2, 0.25) is 5.91 Å². The summed E-state index contributed by atoms with van der Waals surface area (Å²) < 4.78 is 0. The predicted octanol–water partition coefficient (Wildman–Crippen LogP) is 1.83. The highest BCUT2D eigenvalue weighted by Gasteiger charge is 2.13. The second kappa shape index (κ2) is 5.12. The number of amides is 1. The molecule has 3 nitrogen and oxygen atoms in total. The molecule has 3 heteroatoms. The largest absolute Gasteiger partial charge is 0.368 e. The minimum Gasteiger partial charge on any atom is -0.368 e. The fourth-order valence-electron chi connectivity index (χ4n) is 1.59. The van der Waals surface area contributed by atoms with E-state index in [0.29, 0.717) is 0 Å². The number of aryl methyl sites for hydroxylation is 2. The molecule has 0 radical (unpaired) electrons. The van der Waals surface area contributed by atoms with Crippen molar-refractivity contribution in [2.75, 3.05) is 0 Å². The number of nitrogens with two attached hydrogens (primary N) is 1. The van der Waals surface area contributed by atoms with E-state index in [4.69, 9.17) is 5.73 Å². The van der Waals surface area contributed by atoms with Crippen LogP contribution in [0.1, 0.15) is 36.6 Å². The average molecular weight is 220 g/mol. The number of nitrogens with one attached hydrogen (secondary N) is 1. The maximum absolute atomic E-state index is 10.9. The Morgan fingerprint density at radius 2 is 1.88 bits per heavy atom. The van der Waals surface area contributed by atoms with Crippen molar-refractivity contribution in [1.82, 2.24) is 5.32 Å². The van der Waals surface area contributed by atoms with E-state index in [2.05, 4.69) is 37.4 Å². The number of benzene rings is 1. The van der Waals surface area contributed by atoms with Crippen LogP contribution in [0.4, 0.5) is 0 Å². The molecular weight excluding hydrogens is 200 g/mol. The highest BCUT2D eigenvalue weighted by Crippen LogP contribution is 2.17. The second-order valence-electron chi connectivity index (χ2n) is 4.36. The molecule has 0 saturated carbocycles. The van der Waals surface area contributed by atoms with Crippen LogP contribution in [0.3, 0.4) is 0 Å². The van der Waals surface area contributed by atoms with Gasteiger partial charge in [0.05, 0.1) is 6.04 Å². The molecule has 1 aromatic rings. The molecule has 3 N–H and O–H groups in total. The summed E-state index contributed by atoms with van der Waals surface area (Å²) in [5.41, 5.74) is 8.93. The molecule has 2 unspecified atom stereocenters. The van der Waals surface area contributed by atoms with Gasteiger partial charge in [-0.1, -0.05) is 18.2 Å². The van der Waals surface area contributed by atoms with Crippen molar-refractivity contribution in [3.05, 3.63) is 34.9 Å². The van der Waals surface area contributed by atoms with Crippen molar-refractivity contribution in [2.45, 2.75) is 39.8 Å². The van der Waals surface area contributed by atoms with Gasteiger partial charge >= 0.3 is 0 Å². The fraction of sp³-hybridized carbons (Fsp3) is 0.462. The van der Waals surface area contributed by atoms with E-state index in [1.807, 2.05) is 6.92 Å². The highest BCUT2D eigenvalue weighted by atomic mass is 16.1. The van der Waals surface area contributed by atoms with Crippen molar-refractivity contribution < 1.29 is 4.79 Å². The zero-order valence-electron chi connectivity index (χ0n) is 10.4. The summed E-state index contributed by atoms with van der Waals surface area (Å²) in [5.74, 6) is -0.323. The monoisotopic (exact) mass is 220 g/mol. The van der Waals surface area contributed by atoms with Crippen LogP contribution in [0.15, 0.2) is 18.2 Å². The Labute approximate surface area is 97.0 Å². The molecule has 0 aliphatic carbocycles. The lowest BCUT2D eigenvalue weighted by Gasteiger charge is -2.18. The predicted molar refractivity (Wildman–Crippen MR) is 66.1 cm³/mol. The SMILES string of the molecule is Cc1ccc(C(C)NC(C)C(N)=O)cc1C. The lowest BCUT2D eigenvalue weighted by Crippen LogP contribution is -2.40. The Balaban J connectivity index is 2.76. The third kappa shape index (κ3) is 3.07. The average Bonchev–Trinajstić information content (AvgIpc) is 2.21. The Morgan fingerprint density at radius 3 is 2.38 bits per heavy atom. The van der Waals surface area contributed by atoms with E-state index >= 15 is 0 Å². The number of rotatable bonds is 4. The molecule has 0 aliphatic heterocycles. The van der Waals surface area contributed by atoms with E-state index in [1.54, 1.807) is 6.92 Å². The van der Waals surface area contributed by atoms with Gasteiger partial charge in [0, 0.05) is 6.04 Å². The van der Waals surface area contributed by atoms with Crippen LogP contribution in [0.5, 0.6) is 0 Å². The standard InChI is InChI=1S/C13H20N2O/c1-8-5-6-12(7-9(8)2)10(3)15-11(4)13(14)16/h5-7,10-11,15H,1-4H3,(H2,14,16). The lowest BCUT2D eigenvalue weighted by atomic mass is 10.0. The third-order valence-corrected chi connectivity index (χ3v) is 2.96. The Morgan fingerprint density at radius 1 is 1.25 bits per heavy atom. The molecular formula is C13H20N2O. The maximum Gasteiger partial charge on any atom is 0.234 e. The van der Waals surface area contributed by atoms with Gasteiger partial charge in [-0.2, -0.15) is 0 Å². The minimum absolute atomic E-state index is 0.127. The maximum atomic E-state index is 10.9. The minimum atomic E-state index is -0.323. The van der Waals surface area contributed by atoms with Gasteiger partial charge in [-0.25, -0.2) is 0 Å². The number of carbonyl (C=O) groups is 1. The fourth-order valence-corrected chi connectivity index (χ4v) is 1.59. The van der Waals surface area contributed by atoms with Gasteiger partial charge < -0.3 is 5.73 Å². The van der Waals surface area contributed by atoms with Gasteiger partial charge in [0.25, 0.3) is 0 Å². The zero-order valence-corrected chi connectivity index (χ0v) is 10.4. The van der Waals surface area contributed by atoms with Crippen molar-refractivity contribution in [2.24, 2.45) is 5.73 Å².